The maximum Gasteiger partial charge on any atom is 0.0462 e. The van der Waals surface area contributed by atoms with Crippen LogP contribution in [0.15, 0.2) is 22.7 Å². The van der Waals surface area contributed by atoms with Crippen LogP contribution >= 0.6 is 27.5 Å². The highest BCUT2D eigenvalue weighted by atomic mass is 79.9. The highest BCUT2D eigenvalue weighted by Gasteiger charge is 2.29. The molecule has 2 atom stereocenters. The fraction of sp³-hybridized carbons (Fsp3) is 0.647. The Morgan fingerprint density at radius 2 is 2.19 bits per heavy atom. The number of hydrogen-bond acceptors (Lipinski definition) is 2. The molecule has 0 amide bonds. The molecule has 1 aromatic carbocycles. The average molecular weight is 374 g/mol. The van der Waals surface area contributed by atoms with Gasteiger partial charge in [-0.25, -0.2) is 0 Å². The zero-order valence-corrected chi connectivity index (χ0v) is 15.5. The van der Waals surface area contributed by atoms with Crippen LogP contribution in [-0.2, 0) is 6.54 Å². The minimum atomic E-state index is 0.576. The lowest BCUT2D eigenvalue weighted by Crippen LogP contribution is -2.57. The summed E-state index contributed by atoms with van der Waals surface area (Å²) in [6.07, 6.45) is 2.47. The molecule has 2 rings (SSSR count). The number of halogens is 2. The molecule has 0 aromatic heterocycles. The van der Waals surface area contributed by atoms with Gasteiger partial charge >= 0.3 is 0 Å². The summed E-state index contributed by atoms with van der Waals surface area (Å²) in [6, 6.07) is 7.41. The van der Waals surface area contributed by atoms with Crippen LogP contribution in [0.1, 0.15) is 39.2 Å². The molecule has 0 spiro atoms. The van der Waals surface area contributed by atoms with E-state index in [0.717, 1.165) is 29.1 Å². The first-order chi connectivity index (χ1) is 10.0. The summed E-state index contributed by atoms with van der Waals surface area (Å²) >= 11 is 9.88. The second kappa shape index (κ2) is 7.96. The molecule has 1 N–H and O–H groups in total. The van der Waals surface area contributed by atoms with E-state index in [9.17, 15) is 0 Å². The summed E-state index contributed by atoms with van der Waals surface area (Å²) in [5.41, 5.74) is 1.23. The van der Waals surface area contributed by atoms with Crippen molar-refractivity contribution in [2.45, 2.75) is 52.2 Å². The molecule has 1 fully saturated rings. The molecule has 2 unspecified atom stereocenters. The third kappa shape index (κ3) is 4.69. The van der Waals surface area contributed by atoms with E-state index in [1.54, 1.807) is 0 Å². The van der Waals surface area contributed by atoms with Crippen LogP contribution in [0.2, 0.25) is 5.02 Å². The summed E-state index contributed by atoms with van der Waals surface area (Å²) in [7, 11) is 0. The molecule has 0 saturated carbocycles. The highest BCUT2D eigenvalue weighted by Crippen LogP contribution is 2.25. The van der Waals surface area contributed by atoms with Gasteiger partial charge in [0, 0.05) is 41.2 Å². The Labute approximate surface area is 142 Å². The molecule has 1 aliphatic rings. The topological polar surface area (TPSA) is 15.3 Å². The number of benzene rings is 1. The Kier molecular flexibility index (Phi) is 6.54. The van der Waals surface area contributed by atoms with Crippen LogP contribution in [0.3, 0.4) is 0 Å². The summed E-state index contributed by atoms with van der Waals surface area (Å²) in [5, 5.41) is 4.57. The van der Waals surface area contributed by atoms with Gasteiger partial charge < -0.3 is 5.32 Å². The molecule has 1 aromatic rings. The third-order valence-corrected chi connectivity index (χ3v) is 5.22. The van der Waals surface area contributed by atoms with Gasteiger partial charge in [-0.2, -0.15) is 0 Å². The van der Waals surface area contributed by atoms with Gasteiger partial charge in [-0.15, -0.1) is 0 Å². The standard InChI is InChI=1S/C17H26BrClN2/c1-4-5-15-9-20-17(12(2)3)11-21(15)10-13-6-7-14(18)8-16(13)19/h6-8,12,15,17,20H,4-5,9-11H2,1-3H3. The van der Waals surface area contributed by atoms with Gasteiger partial charge in [0.1, 0.15) is 0 Å². The lowest BCUT2D eigenvalue weighted by atomic mass is 9.97. The Bertz CT molecular complexity index is 464. The molecule has 118 valence electrons. The van der Waals surface area contributed by atoms with Gasteiger partial charge in [0.15, 0.2) is 0 Å². The Morgan fingerprint density at radius 3 is 2.81 bits per heavy atom. The van der Waals surface area contributed by atoms with Crippen molar-refractivity contribution in [1.82, 2.24) is 10.2 Å². The summed E-state index contributed by atoms with van der Waals surface area (Å²) in [4.78, 5) is 2.61. The normalized spacial score (nSPS) is 23.7. The van der Waals surface area contributed by atoms with Gasteiger partial charge in [0.05, 0.1) is 0 Å². The van der Waals surface area contributed by atoms with E-state index < -0.39 is 0 Å². The molecular weight excluding hydrogens is 348 g/mol. The predicted octanol–water partition coefficient (Wildman–Crippen LogP) is 4.70. The quantitative estimate of drug-likeness (QED) is 0.804. The van der Waals surface area contributed by atoms with Crippen LogP contribution in [0.4, 0.5) is 0 Å². The van der Waals surface area contributed by atoms with Gasteiger partial charge in [0.25, 0.3) is 0 Å². The smallest absolute Gasteiger partial charge is 0.0462 e. The van der Waals surface area contributed by atoms with Crippen molar-refractivity contribution >= 4 is 27.5 Å². The van der Waals surface area contributed by atoms with E-state index >= 15 is 0 Å². The number of hydrogen-bond donors (Lipinski definition) is 1. The van der Waals surface area contributed by atoms with Gasteiger partial charge in [-0.3, -0.25) is 4.90 Å². The molecule has 1 heterocycles. The second-order valence-corrected chi connectivity index (χ2v) is 7.69. The Morgan fingerprint density at radius 1 is 1.43 bits per heavy atom. The number of piperazine rings is 1. The molecule has 0 bridgehead atoms. The lowest BCUT2D eigenvalue weighted by Gasteiger charge is -2.42. The molecule has 1 saturated heterocycles. The van der Waals surface area contributed by atoms with E-state index in [2.05, 4.69) is 59.1 Å². The number of nitrogens with zero attached hydrogens (tertiary/aromatic N) is 1. The van der Waals surface area contributed by atoms with Crippen molar-refractivity contribution in [3.8, 4) is 0 Å². The second-order valence-electron chi connectivity index (χ2n) is 6.37. The summed E-state index contributed by atoms with van der Waals surface area (Å²) in [5.74, 6) is 0.662. The summed E-state index contributed by atoms with van der Waals surface area (Å²) in [6.45, 7) is 9.99. The van der Waals surface area contributed by atoms with Crippen LogP contribution in [0, 0.1) is 5.92 Å². The van der Waals surface area contributed by atoms with Crippen LogP contribution < -0.4 is 5.32 Å². The third-order valence-electron chi connectivity index (χ3n) is 4.38. The van der Waals surface area contributed by atoms with Crippen molar-refractivity contribution in [2.75, 3.05) is 13.1 Å². The fourth-order valence-corrected chi connectivity index (χ4v) is 3.74. The number of rotatable bonds is 5. The van der Waals surface area contributed by atoms with Crippen molar-refractivity contribution in [3.05, 3.63) is 33.3 Å². The minimum absolute atomic E-state index is 0.576. The van der Waals surface area contributed by atoms with Crippen molar-refractivity contribution in [3.63, 3.8) is 0 Å². The lowest BCUT2D eigenvalue weighted by molar-refractivity contribution is 0.0997. The van der Waals surface area contributed by atoms with E-state index in [-0.39, 0.29) is 0 Å². The fourth-order valence-electron chi connectivity index (χ4n) is 3.01. The van der Waals surface area contributed by atoms with E-state index in [0.29, 0.717) is 18.0 Å². The van der Waals surface area contributed by atoms with E-state index in [1.807, 2.05) is 6.07 Å². The maximum atomic E-state index is 6.40. The van der Waals surface area contributed by atoms with Crippen molar-refractivity contribution < 1.29 is 0 Å². The van der Waals surface area contributed by atoms with Crippen molar-refractivity contribution in [1.29, 1.82) is 0 Å². The van der Waals surface area contributed by atoms with Crippen LogP contribution in [0.5, 0.6) is 0 Å². The van der Waals surface area contributed by atoms with E-state index in [4.69, 9.17) is 11.6 Å². The molecule has 2 nitrogen and oxygen atoms in total. The predicted molar refractivity (Wildman–Crippen MR) is 94.9 cm³/mol. The largest absolute Gasteiger partial charge is 0.311 e. The van der Waals surface area contributed by atoms with Crippen molar-refractivity contribution in [2.24, 2.45) is 5.92 Å². The first-order valence-electron chi connectivity index (χ1n) is 7.92. The maximum absolute atomic E-state index is 6.40. The highest BCUT2D eigenvalue weighted by molar-refractivity contribution is 9.10. The molecule has 1 aliphatic heterocycles. The average Bonchev–Trinajstić information content (AvgIpc) is 2.43. The SMILES string of the molecule is CCCC1CNC(C(C)C)CN1Cc1ccc(Br)cc1Cl. The zero-order chi connectivity index (χ0) is 15.4. The van der Waals surface area contributed by atoms with Gasteiger partial charge in [-0.05, 0) is 30.0 Å². The molecule has 0 radical (unpaired) electrons. The number of nitrogens with one attached hydrogen (secondary N) is 1. The zero-order valence-electron chi connectivity index (χ0n) is 13.2. The van der Waals surface area contributed by atoms with Crippen LogP contribution in [0.25, 0.3) is 0 Å². The van der Waals surface area contributed by atoms with Crippen LogP contribution in [-0.4, -0.2) is 30.1 Å². The molecule has 21 heavy (non-hydrogen) atoms. The summed E-state index contributed by atoms with van der Waals surface area (Å²) < 4.78 is 1.04. The van der Waals surface area contributed by atoms with E-state index in [1.165, 1.54) is 18.4 Å². The van der Waals surface area contributed by atoms with Gasteiger partial charge in [0.2, 0.25) is 0 Å². The Balaban J connectivity index is 2.11. The van der Waals surface area contributed by atoms with Gasteiger partial charge in [-0.1, -0.05) is 60.8 Å². The molecule has 4 heteroatoms. The first-order valence-corrected chi connectivity index (χ1v) is 9.09. The monoisotopic (exact) mass is 372 g/mol. The first kappa shape index (κ1) is 17.3. The molecular formula is C17H26BrClN2. The minimum Gasteiger partial charge on any atom is -0.311 e. The Hall–Kier alpha value is -0.0900. The molecule has 0 aliphatic carbocycles.